The van der Waals surface area contributed by atoms with Crippen LogP contribution in [0.4, 0.5) is 4.79 Å². The quantitative estimate of drug-likeness (QED) is 0.696. The smallest absolute Gasteiger partial charge is 0.409 e. The van der Waals surface area contributed by atoms with Crippen molar-refractivity contribution in [1.29, 1.82) is 0 Å². The van der Waals surface area contributed by atoms with Crippen LogP contribution in [0.1, 0.15) is 6.92 Å². The van der Waals surface area contributed by atoms with Crippen molar-refractivity contribution in [1.82, 2.24) is 9.80 Å². The van der Waals surface area contributed by atoms with Gasteiger partial charge in [-0.05, 0) is 6.92 Å². The SMILES string of the molecule is CCOC(=O)N1CCN([C@@H]2CS(=O)(=O)C[C@H]2O)CC1. The van der Waals surface area contributed by atoms with E-state index in [2.05, 4.69) is 0 Å². The molecule has 1 amide bonds. The van der Waals surface area contributed by atoms with Gasteiger partial charge in [0, 0.05) is 26.2 Å². The molecule has 2 atom stereocenters. The van der Waals surface area contributed by atoms with Gasteiger partial charge in [-0.15, -0.1) is 0 Å². The van der Waals surface area contributed by atoms with Crippen molar-refractivity contribution < 1.29 is 23.1 Å². The summed E-state index contributed by atoms with van der Waals surface area (Å²) >= 11 is 0. The zero-order valence-corrected chi connectivity index (χ0v) is 11.8. The fourth-order valence-electron chi connectivity index (χ4n) is 2.61. The lowest BCUT2D eigenvalue weighted by atomic mass is 10.1. The molecule has 0 radical (unpaired) electrons. The summed E-state index contributed by atoms with van der Waals surface area (Å²) in [5, 5.41) is 9.81. The highest BCUT2D eigenvalue weighted by molar-refractivity contribution is 7.91. The number of ether oxygens (including phenoxy) is 1. The van der Waals surface area contributed by atoms with Crippen LogP contribution in [0.2, 0.25) is 0 Å². The third kappa shape index (κ3) is 3.37. The van der Waals surface area contributed by atoms with E-state index in [0.717, 1.165) is 0 Å². The summed E-state index contributed by atoms with van der Waals surface area (Å²) in [4.78, 5) is 15.1. The van der Waals surface area contributed by atoms with Crippen molar-refractivity contribution in [3.8, 4) is 0 Å². The maximum atomic E-state index is 11.5. The summed E-state index contributed by atoms with van der Waals surface area (Å²) in [6.07, 6.45) is -1.15. The van der Waals surface area contributed by atoms with Gasteiger partial charge in [0.15, 0.2) is 9.84 Å². The molecule has 8 heteroatoms. The molecule has 0 aromatic rings. The standard InChI is InChI=1S/C11H20N2O5S/c1-2-18-11(15)13-5-3-12(4-6-13)9-7-19(16,17)8-10(9)14/h9-10,14H,2-8H2,1H3/t9-,10-/m1/s1. The number of hydrogen-bond acceptors (Lipinski definition) is 6. The summed E-state index contributed by atoms with van der Waals surface area (Å²) in [5.41, 5.74) is 0. The van der Waals surface area contributed by atoms with E-state index in [4.69, 9.17) is 4.74 Å². The van der Waals surface area contributed by atoms with E-state index in [0.29, 0.717) is 32.8 Å². The first-order valence-electron chi connectivity index (χ1n) is 6.47. The molecule has 0 bridgehead atoms. The Balaban J connectivity index is 1.88. The molecule has 0 aromatic heterocycles. The van der Waals surface area contributed by atoms with Gasteiger partial charge >= 0.3 is 6.09 Å². The van der Waals surface area contributed by atoms with E-state index in [1.165, 1.54) is 0 Å². The Morgan fingerprint density at radius 3 is 2.37 bits per heavy atom. The summed E-state index contributed by atoms with van der Waals surface area (Å²) in [5.74, 6) is -0.149. The van der Waals surface area contributed by atoms with Crippen LogP contribution in [0.25, 0.3) is 0 Å². The maximum absolute atomic E-state index is 11.5. The van der Waals surface area contributed by atoms with Gasteiger partial charge in [-0.3, -0.25) is 4.90 Å². The average Bonchev–Trinajstić information content (AvgIpc) is 2.63. The van der Waals surface area contributed by atoms with Gasteiger partial charge < -0.3 is 14.7 Å². The van der Waals surface area contributed by atoms with Gasteiger partial charge in [0.1, 0.15) is 0 Å². The van der Waals surface area contributed by atoms with Crippen molar-refractivity contribution >= 4 is 15.9 Å². The normalized spacial score (nSPS) is 31.4. The van der Waals surface area contributed by atoms with E-state index in [1.807, 2.05) is 4.90 Å². The first-order chi connectivity index (χ1) is 8.93. The van der Waals surface area contributed by atoms with Crippen LogP contribution < -0.4 is 0 Å². The topological polar surface area (TPSA) is 87.2 Å². The van der Waals surface area contributed by atoms with Crippen LogP contribution >= 0.6 is 0 Å². The zero-order chi connectivity index (χ0) is 14.0. The van der Waals surface area contributed by atoms with E-state index in [1.54, 1.807) is 11.8 Å². The van der Waals surface area contributed by atoms with E-state index >= 15 is 0 Å². The lowest BCUT2D eigenvalue weighted by Gasteiger charge is -2.37. The second-order valence-corrected chi connectivity index (χ2v) is 7.09. The number of carbonyl (C=O) groups is 1. The monoisotopic (exact) mass is 292 g/mol. The number of aliphatic hydroxyl groups excluding tert-OH is 1. The number of piperazine rings is 1. The van der Waals surface area contributed by atoms with Gasteiger partial charge in [0.2, 0.25) is 0 Å². The number of aliphatic hydroxyl groups is 1. The molecular formula is C11H20N2O5S. The van der Waals surface area contributed by atoms with E-state index < -0.39 is 15.9 Å². The highest BCUT2D eigenvalue weighted by atomic mass is 32.2. The van der Waals surface area contributed by atoms with Gasteiger partial charge in [0.05, 0.1) is 30.3 Å². The molecule has 2 heterocycles. The van der Waals surface area contributed by atoms with Crippen LogP contribution in [0.5, 0.6) is 0 Å². The van der Waals surface area contributed by atoms with Crippen molar-refractivity contribution in [3.63, 3.8) is 0 Å². The van der Waals surface area contributed by atoms with Crippen molar-refractivity contribution in [2.24, 2.45) is 0 Å². The second kappa shape index (κ2) is 5.64. The molecule has 7 nitrogen and oxygen atoms in total. The maximum Gasteiger partial charge on any atom is 0.409 e. The predicted molar refractivity (Wildman–Crippen MR) is 68.6 cm³/mol. The molecule has 0 spiro atoms. The number of nitrogens with zero attached hydrogens (tertiary/aromatic N) is 2. The van der Waals surface area contributed by atoms with Crippen molar-refractivity contribution in [2.45, 2.75) is 19.1 Å². The molecular weight excluding hydrogens is 272 g/mol. The Labute approximate surface area is 113 Å². The molecule has 2 rings (SSSR count). The molecule has 0 unspecified atom stereocenters. The molecule has 2 fully saturated rings. The molecule has 1 N–H and O–H groups in total. The van der Waals surface area contributed by atoms with Crippen LogP contribution in [-0.2, 0) is 14.6 Å². The first kappa shape index (κ1) is 14.5. The van der Waals surface area contributed by atoms with Crippen LogP contribution in [0, 0.1) is 0 Å². The second-order valence-electron chi connectivity index (χ2n) is 4.93. The minimum absolute atomic E-state index is 0.00751. The zero-order valence-electron chi connectivity index (χ0n) is 11.0. The fraction of sp³-hybridized carbons (Fsp3) is 0.909. The van der Waals surface area contributed by atoms with Crippen molar-refractivity contribution in [3.05, 3.63) is 0 Å². The fourth-order valence-corrected chi connectivity index (χ4v) is 4.44. The molecule has 0 aliphatic carbocycles. The molecule has 0 saturated carbocycles. The number of sulfone groups is 1. The first-order valence-corrected chi connectivity index (χ1v) is 8.29. The number of carbonyl (C=O) groups excluding carboxylic acids is 1. The highest BCUT2D eigenvalue weighted by Gasteiger charge is 2.41. The van der Waals surface area contributed by atoms with Crippen molar-refractivity contribution in [2.75, 3.05) is 44.3 Å². The van der Waals surface area contributed by atoms with Gasteiger partial charge in [-0.25, -0.2) is 13.2 Å². The Kier molecular flexibility index (Phi) is 4.32. The molecule has 2 saturated heterocycles. The minimum Gasteiger partial charge on any atom is -0.450 e. The largest absolute Gasteiger partial charge is 0.450 e. The highest BCUT2D eigenvalue weighted by Crippen LogP contribution is 2.20. The van der Waals surface area contributed by atoms with Gasteiger partial charge in [-0.2, -0.15) is 0 Å². The predicted octanol–water partition coefficient (Wildman–Crippen LogP) is -1.08. The Morgan fingerprint density at radius 2 is 1.89 bits per heavy atom. The van der Waals surface area contributed by atoms with E-state index in [9.17, 15) is 18.3 Å². The minimum atomic E-state index is -3.13. The van der Waals surface area contributed by atoms with Gasteiger partial charge in [0.25, 0.3) is 0 Å². The molecule has 0 aromatic carbocycles. The lowest BCUT2D eigenvalue weighted by Crippen LogP contribution is -2.54. The number of rotatable bonds is 2. The average molecular weight is 292 g/mol. The summed E-state index contributed by atoms with van der Waals surface area (Å²) in [6.45, 7) is 4.24. The summed E-state index contributed by atoms with van der Waals surface area (Å²) in [6, 6.07) is -0.339. The number of hydrogen-bond donors (Lipinski definition) is 1. The Bertz CT molecular complexity index is 430. The van der Waals surface area contributed by atoms with Crippen LogP contribution in [0.15, 0.2) is 0 Å². The Morgan fingerprint density at radius 1 is 1.26 bits per heavy atom. The lowest BCUT2D eigenvalue weighted by molar-refractivity contribution is 0.0376. The van der Waals surface area contributed by atoms with E-state index in [-0.39, 0.29) is 23.6 Å². The third-order valence-electron chi connectivity index (χ3n) is 3.60. The Hall–Kier alpha value is -0.860. The molecule has 2 aliphatic heterocycles. The molecule has 19 heavy (non-hydrogen) atoms. The third-order valence-corrected chi connectivity index (χ3v) is 5.30. The molecule has 110 valence electrons. The van der Waals surface area contributed by atoms with Crippen LogP contribution in [-0.4, -0.2) is 85.9 Å². The molecule has 2 aliphatic rings. The summed E-state index contributed by atoms with van der Waals surface area (Å²) < 4.78 is 27.9. The van der Waals surface area contributed by atoms with Gasteiger partial charge in [-0.1, -0.05) is 0 Å². The number of amides is 1. The summed E-state index contributed by atoms with van der Waals surface area (Å²) in [7, 11) is -3.13. The van der Waals surface area contributed by atoms with Crippen LogP contribution in [0.3, 0.4) is 0 Å².